The second-order valence-corrected chi connectivity index (χ2v) is 13.4. The standard InChI is InChI=1S/C33H26ClF5N2O10S/c1-14(42)19-27(34)40(28(19)43)25(30(45)49-13-15-5-9-17(10-6-15)41(47)48)31(52-32(46)33(2,3)4)50-18-11-7-16(8-12-18)29(44)51-26-23(38)21(36)20(35)22(37)24(26)39/h5-12,14,19,27,42H,13H2,1-4H3/t14-,19-,27-/m1/s1. The number of carbonyl (C=O) groups excluding carboxylic acids is 4. The van der Waals surface area contributed by atoms with Gasteiger partial charge in [0.05, 0.1) is 22.5 Å². The van der Waals surface area contributed by atoms with E-state index in [4.69, 9.17) is 21.1 Å². The molecule has 0 aromatic heterocycles. The van der Waals surface area contributed by atoms with E-state index in [0.29, 0.717) is 17.3 Å². The lowest BCUT2D eigenvalue weighted by atomic mass is 9.92. The number of thioether (sulfide) groups is 1. The van der Waals surface area contributed by atoms with Crippen molar-refractivity contribution in [1.82, 2.24) is 4.90 Å². The molecule has 0 radical (unpaired) electrons. The van der Waals surface area contributed by atoms with Crippen LogP contribution in [-0.2, 0) is 25.7 Å². The fraction of sp³-hybridized carbons (Fsp3) is 0.273. The molecule has 276 valence electrons. The number of rotatable bonds is 11. The number of nitro groups is 1. The maximum Gasteiger partial charge on any atom is 0.359 e. The summed E-state index contributed by atoms with van der Waals surface area (Å²) in [6, 6.07) is 8.94. The Bertz CT molecular complexity index is 1940. The van der Waals surface area contributed by atoms with Crippen molar-refractivity contribution in [3.8, 4) is 11.5 Å². The molecule has 19 heteroatoms. The van der Waals surface area contributed by atoms with Gasteiger partial charge in [-0.3, -0.25) is 24.6 Å². The average Bonchev–Trinajstić information content (AvgIpc) is 3.09. The number of carbonyl (C=O) groups is 4. The number of likely N-dealkylation sites (tertiary alicyclic amines) is 1. The first-order chi connectivity index (χ1) is 24.2. The zero-order valence-electron chi connectivity index (χ0n) is 27.2. The Kier molecular flexibility index (Phi) is 12.0. The zero-order valence-corrected chi connectivity index (χ0v) is 28.8. The lowest BCUT2D eigenvalue weighted by Crippen LogP contribution is -2.62. The highest BCUT2D eigenvalue weighted by molar-refractivity contribution is 8.16. The largest absolute Gasteiger partial charge is 0.456 e. The maximum atomic E-state index is 14.1. The van der Waals surface area contributed by atoms with E-state index < -0.39 is 109 Å². The van der Waals surface area contributed by atoms with Crippen LogP contribution in [-0.4, -0.2) is 49.5 Å². The monoisotopic (exact) mass is 772 g/mol. The summed E-state index contributed by atoms with van der Waals surface area (Å²) in [7, 11) is 0. The average molecular weight is 773 g/mol. The minimum atomic E-state index is -2.46. The Hall–Kier alpha value is -5.07. The molecular weight excluding hydrogens is 747 g/mol. The van der Waals surface area contributed by atoms with Gasteiger partial charge in [-0.1, -0.05) is 32.4 Å². The molecule has 3 atom stereocenters. The third kappa shape index (κ3) is 8.35. The first-order valence-corrected chi connectivity index (χ1v) is 16.0. The van der Waals surface area contributed by atoms with E-state index in [1.54, 1.807) is 20.8 Å². The van der Waals surface area contributed by atoms with Crippen molar-refractivity contribution in [2.75, 3.05) is 0 Å². The van der Waals surface area contributed by atoms with Gasteiger partial charge in [0.1, 0.15) is 17.9 Å². The Balaban J connectivity index is 1.71. The molecule has 1 fully saturated rings. The number of nitrogens with zero attached hydrogens (tertiary/aromatic N) is 2. The third-order valence-corrected chi connectivity index (χ3v) is 8.92. The molecule has 52 heavy (non-hydrogen) atoms. The number of amides is 1. The number of β-lactam (4-membered cyclic amide) rings is 1. The van der Waals surface area contributed by atoms with Crippen LogP contribution in [0, 0.1) is 50.5 Å². The van der Waals surface area contributed by atoms with Gasteiger partial charge in [-0.25, -0.2) is 22.8 Å². The molecule has 1 heterocycles. The highest BCUT2D eigenvalue weighted by atomic mass is 35.5. The van der Waals surface area contributed by atoms with Crippen LogP contribution in [0.25, 0.3) is 0 Å². The molecule has 0 aliphatic carbocycles. The first-order valence-electron chi connectivity index (χ1n) is 14.8. The molecule has 1 aliphatic rings. The SMILES string of the molecule is C[C@@H](O)[C@H]1C(=O)N(C(C(=O)OCc2ccc([N+](=O)[O-])cc2)=C(Oc2ccc(C(=O)Oc3c(F)c(F)c(F)c(F)c3F)cc2)SC(=O)C(C)(C)C)[C@H]1Cl. The molecule has 3 aromatic carbocycles. The Morgan fingerprint density at radius 1 is 0.942 bits per heavy atom. The molecule has 0 bridgehead atoms. The molecule has 0 unspecified atom stereocenters. The first kappa shape index (κ1) is 39.7. The van der Waals surface area contributed by atoms with Gasteiger partial charge < -0.3 is 19.3 Å². The van der Waals surface area contributed by atoms with Gasteiger partial charge in [-0.2, -0.15) is 8.78 Å². The van der Waals surface area contributed by atoms with Crippen molar-refractivity contribution in [2.24, 2.45) is 11.3 Å². The number of ether oxygens (including phenoxy) is 3. The maximum absolute atomic E-state index is 14.1. The van der Waals surface area contributed by atoms with E-state index in [0.717, 1.165) is 41.3 Å². The second-order valence-electron chi connectivity index (χ2n) is 12.0. The number of esters is 2. The number of halogens is 6. The van der Waals surface area contributed by atoms with Crippen molar-refractivity contribution in [3.63, 3.8) is 0 Å². The quantitative estimate of drug-likeness (QED) is 0.0184. The van der Waals surface area contributed by atoms with Crippen LogP contribution >= 0.6 is 23.4 Å². The topological polar surface area (TPSA) is 163 Å². The van der Waals surface area contributed by atoms with Crippen LogP contribution in [0.5, 0.6) is 11.5 Å². The molecule has 1 N–H and O–H groups in total. The number of non-ortho nitro benzene ring substituents is 1. The van der Waals surface area contributed by atoms with Crippen molar-refractivity contribution >= 4 is 52.0 Å². The summed E-state index contributed by atoms with van der Waals surface area (Å²) in [6.45, 7) is 5.44. The summed E-state index contributed by atoms with van der Waals surface area (Å²) in [5, 5.41) is 20.0. The number of hydrogen-bond donors (Lipinski definition) is 1. The van der Waals surface area contributed by atoms with Gasteiger partial charge in [-0.05, 0) is 60.6 Å². The van der Waals surface area contributed by atoms with E-state index in [1.165, 1.54) is 19.1 Å². The highest BCUT2D eigenvalue weighted by Crippen LogP contribution is 2.41. The van der Waals surface area contributed by atoms with Crippen LogP contribution in [0.2, 0.25) is 0 Å². The third-order valence-electron chi connectivity index (χ3n) is 7.19. The molecule has 1 saturated heterocycles. The summed E-state index contributed by atoms with van der Waals surface area (Å²) in [6.07, 6.45) is -1.26. The van der Waals surface area contributed by atoms with Crippen LogP contribution in [0.3, 0.4) is 0 Å². The Labute approximate surface area is 300 Å². The molecule has 4 rings (SSSR count). The van der Waals surface area contributed by atoms with Gasteiger partial charge >= 0.3 is 11.9 Å². The fourth-order valence-electron chi connectivity index (χ4n) is 4.31. The van der Waals surface area contributed by atoms with E-state index in [2.05, 4.69) is 4.74 Å². The summed E-state index contributed by atoms with van der Waals surface area (Å²) in [4.78, 5) is 63.8. The van der Waals surface area contributed by atoms with E-state index in [-0.39, 0.29) is 11.4 Å². The summed E-state index contributed by atoms with van der Waals surface area (Å²) >= 11 is 6.81. The molecule has 1 aliphatic heterocycles. The van der Waals surface area contributed by atoms with Crippen LogP contribution in [0.1, 0.15) is 43.6 Å². The fourth-order valence-corrected chi connectivity index (χ4v) is 5.71. The Morgan fingerprint density at radius 2 is 1.48 bits per heavy atom. The minimum Gasteiger partial charge on any atom is -0.456 e. The molecule has 3 aromatic rings. The van der Waals surface area contributed by atoms with Gasteiger partial charge in [0, 0.05) is 17.5 Å². The number of benzene rings is 3. The van der Waals surface area contributed by atoms with Crippen molar-refractivity contribution < 1.29 is 65.4 Å². The van der Waals surface area contributed by atoms with Gasteiger partial charge in [0.2, 0.25) is 45.9 Å². The van der Waals surface area contributed by atoms with E-state index in [9.17, 15) is 56.4 Å². The molecule has 0 saturated carbocycles. The van der Waals surface area contributed by atoms with Crippen molar-refractivity contribution in [1.29, 1.82) is 0 Å². The van der Waals surface area contributed by atoms with Gasteiger partial charge in [0.25, 0.3) is 5.69 Å². The van der Waals surface area contributed by atoms with E-state index >= 15 is 0 Å². The van der Waals surface area contributed by atoms with Crippen LogP contribution in [0.4, 0.5) is 27.6 Å². The summed E-state index contributed by atoms with van der Waals surface area (Å²) < 4.78 is 84.4. The predicted octanol–water partition coefficient (Wildman–Crippen LogP) is 6.51. The number of aliphatic hydroxyl groups excluding tert-OH is 1. The predicted molar refractivity (Wildman–Crippen MR) is 172 cm³/mol. The zero-order chi connectivity index (χ0) is 38.8. The van der Waals surface area contributed by atoms with Crippen molar-refractivity contribution in [2.45, 2.75) is 45.9 Å². The summed E-state index contributed by atoms with van der Waals surface area (Å²) in [5.74, 6) is -18.8. The molecular formula is C33H26ClF5N2O10S. The smallest absolute Gasteiger partial charge is 0.359 e. The lowest BCUT2D eigenvalue weighted by molar-refractivity contribution is -0.384. The number of alkyl halides is 1. The van der Waals surface area contributed by atoms with Gasteiger partial charge in [-0.15, -0.1) is 0 Å². The summed E-state index contributed by atoms with van der Waals surface area (Å²) in [5.41, 5.74) is -3.47. The minimum absolute atomic E-state index is 0.219. The number of aliphatic hydroxyl groups is 1. The van der Waals surface area contributed by atoms with Gasteiger partial charge in [0.15, 0.2) is 10.8 Å². The highest BCUT2D eigenvalue weighted by Gasteiger charge is 2.53. The Morgan fingerprint density at radius 3 is 1.96 bits per heavy atom. The number of nitro benzene ring substituents is 1. The lowest BCUT2D eigenvalue weighted by Gasteiger charge is -2.45. The van der Waals surface area contributed by atoms with Crippen molar-refractivity contribution in [3.05, 3.63) is 110 Å². The van der Waals surface area contributed by atoms with E-state index in [1.807, 2.05) is 0 Å². The normalized spacial score (nSPS) is 16.8. The molecule has 12 nitrogen and oxygen atoms in total. The molecule has 0 spiro atoms. The van der Waals surface area contributed by atoms with Crippen LogP contribution in [0.15, 0.2) is 59.3 Å². The number of hydrogen-bond acceptors (Lipinski definition) is 11. The second kappa shape index (κ2) is 15.7. The van der Waals surface area contributed by atoms with Crippen LogP contribution < -0.4 is 9.47 Å². The molecule has 1 amide bonds.